The minimum absolute atomic E-state index is 0.521. The number of rotatable bonds is 3. The van der Waals surface area contributed by atoms with Gasteiger partial charge in [-0.2, -0.15) is 0 Å². The molecule has 16 heavy (non-hydrogen) atoms. The van der Waals surface area contributed by atoms with Crippen LogP contribution in [0.5, 0.6) is 0 Å². The van der Waals surface area contributed by atoms with E-state index in [4.69, 9.17) is 0 Å². The van der Waals surface area contributed by atoms with Gasteiger partial charge in [0.15, 0.2) is 0 Å². The van der Waals surface area contributed by atoms with Crippen LogP contribution in [0.3, 0.4) is 0 Å². The highest BCUT2D eigenvalue weighted by Crippen LogP contribution is 2.23. The van der Waals surface area contributed by atoms with Gasteiger partial charge in [0, 0.05) is 16.2 Å². The number of nitrogens with one attached hydrogen (secondary N) is 1. The first-order valence-electron chi connectivity index (χ1n) is 5.65. The molecule has 84 valence electrons. The first-order chi connectivity index (χ1) is 7.69. The molecule has 0 bridgehead atoms. The Labute approximate surface area is 105 Å². The van der Waals surface area contributed by atoms with Crippen molar-refractivity contribution in [2.24, 2.45) is 0 Å². The standard InChI is InChI=1S/C14H16BrN/c1-3-10(2)16-14-7-5-11-8-13(15)6-4-12(11)9-14/h4-10,16H,3H2,1-2H3. The average Bonchev–Trinajstić information content (AvgIpc) is 2.29. The van der Waals surface area contributed by atoms with E-state index in [-0.39, 0.29) is 0 Å². The molecule has 0 spiro atoms. The molecular weight excluding hydrogens is 262 g/mol. The van der Waals surface area contributed by atoms with E-state index in [1.54, 1.807) is 0 Å². The van der Waals surface area contributed by atoms with Crippen molar-refractivity contribution < 1.29 is 0 Å². The van der Waals surface area contributed by atoms with Crippen LogP contribution in [0.2, 0.25) is 0 Å². The van der Waals surface area contributed by atoms with Gasteiger partial charge >= 0.3 is 0 Å². The van der Waals surface area contributed by atoms with E-state index in [1.165, 1.54) is 16.5 Å². The monoisotopic (exact) mass is 277 g/mol. The third-order valence-electron chi connectivity index (χ3n) is 2.83. The lowest BCUT2D eigenvalue weighted by Crippen LogP contribution is -2.12. The SMILES string of the molecule is CCC(C)Nc1ccc2cc(Br)ccc2c1. The van der Waals surface area contributed by atoms with Crippen LogP contribution in [-0.4, -0.2) is 6.04 Å². The molecule has 1 N–H and O–H groups in total. The van der Waals surface area contributed by atoms with Crippen LogP contribution in [0.1, 0.15) is 20.3 Å². The highest BCUT2D eigenvalue weighted by molar-refractivity contribution is 9.10. The fourth-order valence-corrected chi connectivity index (χ4v) is 2.07. The van der Waals surface area contributed by atoms with Crippen LogP contribution < -0.4 is 5.32 Å². The molecule has 0 amide bonds. The number of hydrogen-bond acceptors (Lipinski definition) is 1. The van der Waals surface area contributed by atoms with Crippen LogP contribution in [0, 0.1) is 0 Å². The van der Waals surface area contributed by atoms with Crippen LogP contribution in [0.4, 0.5) is 5.69 Å². The average molecular weight is 278 g/mol. The van der Waals surface area contributed by atoms with Crippen LogP contribution in [-0.2, 0) is 0 Å². The van der Waals surface area contributed by atoms with Crippen molar-refractivity contribution in [3.8, 4) is 0 Å². The topological polar surface area (TPSA) is 12.0 Å². The second-order valence-electron chi connectivity index (χ2n) is 4.16. The zero-order valence-corrected chi connectivity index (χ0v) is 11.2. The van der Waals surface area contributed by atoms with Crippen molar-refractivity contribution in [2.75, 3.05) is 5.32 Å². The van der Waals surface area contributed by atoms with Gasteiger partial charge in [0.25, 0.3) is 0 Å². The molecule has 2 heteroatoms. The number of anilines is 1. The maximum absolute atomic E-state index is 3.49. The minimum Gasteiger partial charge on any atom is -0.383 e. The second-order valence-corrected chi connectivity index (χ2v) is 5.08. The molecule has 1 nitrogen and oxygen atoms in total. The highest BCUT2D eigenvalue weighted by Gasteiger charge is 2.00. The van der Waals surface area contributed by atoms with E-state index in [0.717, 1.165) is 10.9 Å². The third-order valence-corrected chi connectivity index (χ3v) is 3.32. The van der Waals surface area contributed by atoms with Gasteiger partial charge in [-0.25, -0.2) is 0 Å². The molecule has 0 aliphatic heterocycles. The summed E-state index contributed by atoms with van der Waals surface area (Å²) in [6.07, 6.45) is 1.14. The summed E-state index contributed by atoms with van der Waals surface area (Å²) in [6.45, 7) is 4.39. The Morgan fingerprint density at radius 1 is 1.12 bits per heavy atom. The predicted octanol–water partition coefficient (Wildman–Crippen LogP) is 4.81. The Morgan fingerprint density at radius 3 is 2.56 bits per heavy atom. The summed E-state index contributed by atoms with van der Waals surface area (Å²) in [4.78, 5) is 0. The van der Waals surface area contributed by atoms with E-state index >= 15 is 0 Å². The Hall–Kier alpha value is -1.02. The summed E-state index contributed by atoms with van der Waals surface area (Å²) < 4.78 is 1.13. The van der Waals surface area contributed by atoms with Gasteiger partial charge in [-0.1, -0.05) is 35.0 Å². The number of benzene rings is 2. The lowest BCUT2D eigenvalue weighted by molar-refractivity contribution is 0.764. The quantitative estimate of drug-likeness (QED) is 0.849. The number of halogens is 1. The summed E-state index contributed by atoms with van der Waals surface area (Å²) in [5.74, 6) is 0. The Balaban J connectivity index is 2.33. The van der Waals surface area contributed by atoms with E-state index in [0.29, 0.717) is 6.04 Å². The van der Waals surface area contributed by atoms with Gasteiger partial charge in [0.05, 0.1) is 0 Å². The first-order valence-corrected chi connectivity index (χ1v) is 6.44. The largest absolute Gasteiger partial charge is 0.383 e. The smallest absolute Gasteiger partial charge is 0.0348 e. The zero-order valence-electron chi connectivity index (χ0n) is 9.63. The number of fused-ring (bicyclic) bond motifs is 1. The van der Waals surface area contributed by atoms with Crippen LogP contribution in [0.15, 0.2) is 40.9 Å². The second kappa shape index (κ2) is 4.88. The molecule has 0 saturated heterocycles. The fourth-order valence-electron chi connectivity index (χ4n) is 1.69. The summed E-state index contributed by atoms with van der Waals surface area (Å²) in [7, 11) is 0. The van der Waals surface area contributed by atoms with Gasteiger partial charge in [-0.15, -0.1) is 0 Å². The van der Waals surface area contributed by atoms with Crippen molar-refractivity contribution >= 4 is 32.4 Å². The summed E-state index contributed by atoms with van der Waals surface area (Å²) in [5.41, 5.74) is 1.20. The molecule has 0 fully saturated rings. The van der Waals surface area contributed by atoms with Gasteiger partial charge in [-0.3, -0.25) is 0 Å². The van der Waals surface area contributed by atoms with Gasteiger partial charge in [0.2, 0.25) is 0 Å². The maximum atomic E-state index is 3.49. The normalized spacial score (nSPS) is 12.7. The predicted molar refractivity (Wildman–Crippen MR) is 75.0 cm³/mol. The minimum atomic E-state index is 0.521. The van der Waals surface area contributed by atoms with Gasteiger partial charge in [0.1, 0.15) is 0 Å². The Morgan fingerprint density at radius 2 is 1.81 bits per heavy atom. The zero-order chi connectivity index (χ0) is 11.5. The molecule has 0 heterocycles. The fraction of sp³-hybridized carbons (Fsp3) is 0.286. The summed E-state index contributed by atoms with van der Waals surface area (Å²) >= 11 is 3.49. The van der Waals surface area contributed by atoms with Crippen molar-refractivity contribution in [3.05, 3.63) is 40.9 Å². The first kappa shape index (κ1) is 11.5. The molecule has 0 aliphatic carbocycles. The summed E-state index contributed by atoms with van der Waals surface area (Å²) in [5, 5.41) is 6.03. The molecular formula is C14H16BrN. The molecule has 1 unspecified atom stereocenters. The molecule has 1 atom stereocenters. The lowest BCUT2D eigenvalue weighted by atomic mass is 10.1. The van der Waals surface area contributed by atoms with E-state index < -0.39 is 0 Å². The molecule has 2 aromatic carbocycles. The summed E-state index contributed by atoms with van der Waals surface area (Å²) in [6, 6.07) is 13.4. The van der Waals surface area contributed by atoms with E-state index in [2.05, 4.69) is 71.5 Å². The lowest BCUT2D eigenvalue weighted by Gasteiger charge is -2.13. The van der Waals surface area contributed by atoms with Crippen molar-refractivity contribution in [1.29, 1.82) is 0 Å². The molecule has 0 aromatic heterocycles. The molecule has 0 aliphatic rings. The van der Waals surface area contributed by atoms with Crippen molar-refractivity contribution in [2.45, 2.75) is 26.3 Å². The highest BCUT2D eigenvalue weighted by atomic mass is 79.9. The molecule has 0 saturated carbocycles. The Bertz CT molecular complexity index is 493. The molecule has 2 rings (SSSR count). The maximum Gasteiger partial charge on any atom is 0.0348 e. The van der Waals surface area contributed by atoms with Gasteiger partial charge < -0.3 is 5.32 Å². The Kier molecular flexibility index (Phi) is 3.49. The van der Waals surface area contributed by atoms with Crippen molar-refractivity contribution in [1.82, 2.24) is 0 Å². The molecule has 2 aromatic rings. The van der Waals surface area contributed by atoms with Crippen LogP contribution >= 0.6 is 15.9 Å². The number of hydrogen-bond donors (Lipinski definition) is 1. The van der Waals surface area contributed by atoms with E-state index in [1.807, 2.05) is 0 Å². The van der Waals surface area contributed by atoms with E-state index in [9.17, 15) is 0 Å². The van der Waals surface area contributed by atoms with Crippen molar-refractivity contribution in [3.63, 3.8) is 0 Å². The van der Waals surface area contributed by atoms with Crippen LogP contribution in [0.25, 0.3) is 10.8 Å². The van der Waals surface area contributed by atoms with Gasteiger partial charge in [-0.05, 0) is 48.4 Å². The molecule has 0 radical (unpaired) electrons. The third kappa shape index (κ3) is 2.56.